The van der Waals surface area contributed by atoms with Gasteiger partial charge in [0.2, 0.25) is 0 Å². The average molecular weight is 453 g/mol. The van der Waals surface area contributed by atoms with E-state index in [2.05, 4.69) is 15.3 Å². The molecule has 0 saturated carbocycles. The number of thiophene rings is 1. The molecule has 32 heavy (non-hydrogen) atoms. The summed E-state index contributed by atoms with van der Waals surface area (Å²) in [5, 5.41) is 4.07. The van der Waals surface area contributed by atoms with Crippen molar-refractivity contribution >= 4 is 21.6 Å². The van der Waals surface area contributed by atoms with Crippen LogP contribution in [-0.4, -0.2) is 20.6 Å². The van der Waals surface area contributed by atoms with Crippen LogP contribution in [-0.2, 0) is 32.4 Å². The zero-order valence-electron chi connectivity index (χ0n) is 17.4. The minimum Gasteiger partial charge on any atom is -0.309 e. The molecule has 0 saturated heterocycles. The fourth-order valence-electron chi connectivity index (χ4n) is 4.25. The number of rotatable bonds is 6. The first-order valence-corrected chi connectivity index (χ1v) is 11.5. The average Bonchev–Trinajstić information content (AvgIpc) is 3.18. The first kappa shape index (κ1) is 20.9. The Bertz CT molecular complexity index is 1320. The molecule has 5 nitrogen and oxygen atoms in total. The number of nitrogens with one attached hydrogen (secondary N) is 1. The van der Waals surface area contributed by atoms with Crippen molar-refractivity contribution in [1.82, 2.24) is 19.9 Å². The summed E-state index contributed by atoms with van der Waals surface area (Å²) in [6, 6.07) is 9.41. The number of hydrogen-bond acceptors (Lipinski definition) is 5. The quantitative estimate of drug-likeness (QED) is 0.480. The van der Waals surface area contributed by atoms with Gasteiger partial charge in [0.05, 0.1) is 11.7 Å². The van der Waals surface area contributed by atoms with E-state index in [1.165, 1.54) is 6.07 Å². The van der Waals surface area contributed by atoms with E-state index in [1.54, 1.807) is 28.4 Å². The number of hydrogen-bond donors (Lipinski definition) is 1. The molecule has 1 aliphatic rings. The molecule has 164 valence electrons. The Balaban J connectivity index is 1.32. The van der Waals surface area contributed by atoms with Crippen LogP contribution in [0.1, 0.15) is 28.1 Å². The fourth-order valence-corrected chi connectivity index (χ4v) is 5.51. The van der Waals surface area contributed by atoms with Gasteiger partial charge in [0.15, 0.2) is 0 Å². The van der Waals surface area contributed by atoms with Gasteiger partial charge in [-0.25, -0.2) is 13.8 Å². The molecule has 0 bridgehead atoms. The van der Waals surface area contributed by atoms with Crippen LogP contribution in [0.3, 0.4) is 0 Å². The Morgan fingerprint density at radius 3 is 2.94 bits per heavy atom. The van der Waals surface area contributed by atoms with Gasteiger partial charge in [0, 0.05) is 47.9 Å². The maximum Gasteiger partial charge on any atom is 0.262 e. The Kier molecular flexibility index (Phi) is 5.80. The molecule has 1 N–H and O–H groups in total. The van der Waals surface area contributed by atoms with Crippen molar-refractivity contribution in [2.24, 2.45) is 0 Å². The Morgan fingerprint density at radius 2 is 2.09 bits per heavy atom. The Morgan fingerprint density at radius 1 is 1.19 bits per heavy atom. The molecule has 0 unspecified atom stereocenters. The number of aryl methyl sites for hydroxylation is 3. The van der Waals surface area contributed by atoms with Crippen molar-refractivity contribution in [3.05, 3.63) is 92.6 Å². The van der Waals surface area contributed by atoms with Crippen molar-refractivity contribution in [3.8, 4) is 0 Å². The first-order valence-electron chi connectivity index (χ1n) is 10.7. The number of aromatic nitrogens is 3. The van der Waals surface area contributed by atoms with E-state index in [1.807, 2.05) is 18.2 Å². The lowest BCUT2D eigenvalue weighted by molar-refractivity contribution is 0.454. The molecule has 3 heterocycles. The smallest absolute Gasteiger partial charge is 0.262 e. The molecule has 1 atom stereocenters. The van der Waals surface area contributed by atoms with Gasteiger partial charge in [-0.2, -0.15) is 0 Å². The highest BCUT2D eigenvalue weighted by Gasteiger charge is 2.25. The van der Waals surface area contributed by atoms with Gasteiger partial charge < -0.3 is 5.32 Å². The van der Waals surface area contributed by atoms with Gasteiger partial charge in [0.1, 0.15) is 16.5 Å². The minimum atomic E-state index is -0.441. The predicted molar refractivity (Wildman–Crippen MR) is 121 cm³/mol. The molecule has 3 aromatic heterocycles. The number of pyridine rings is 1. The molecule has 1 aromatic carbocycles. The van der Waals surface area contributed by atoms with Crippen molar-refractivity contribution in [2.75, 3.05) is 0 Å². The molecule has 0 amide bonds. The summed E-state index contributed by atoms with van der Waals surface area (Å²) in [4.78, 5) is 23.9. The highest BCUT2D eigenvalue weighted by molar-refractivity contribution is 7.18. The summed E-state index contributed by atoms with van der Waals surface area (Å²) in [6.07, 6.45) is 6.39. The van der Waals surface area contributed by atoms with Gasteiger partial charge >= 0.3 is 0 Å². The second-order valence-electron chi connectivity index (χ2n) is 8.05. The maximum absolute atomic E-state index is 13.9. The summed E-state index contributed by atoms with van der Waals surface area (Å²) in [6.45, 7) is 0.805. The van der Waals surface area contributed by atoms with Crippen LogP contribution in [0, 0.1) is 11.6 Å². The van der Waals surface area contributed by atoms with Crippen LogP contribution in [0.15, 0.2) is 53.7 Å². The number of nitrogens with zero attached hydrogens (tertiary/aromatic N) is 3. The molecule has 8 heteroatoms. The third-order valence-electron chi connectivity index (χ3n) is 5.96. The van der Waals surface area contributed by atoms with Gasteiger partial charge in [-0.05, 0) is 55.2 Å². The molecule has 5 rings (SSSR count). The predicted octanol–water partition coefficient (Wildman–Crippen LogP) is 4.02. The van der Waals surface area contributed by atoms with Crippen LogP contribution >= 0.6 is 11.3 Å². The largest absolute Gasteiger partial charge is 0.309 e. The third kappa shape index (κ3) is 4.20. The zero-order valence-corrected chi connectivity index (χ0v) is 18.2. The van der Waals surface area contributed by atoms with E-state index in [-0.39, 0.29) is 18.1 Å². The lowest BCUT2D eigenvalue weighted by atomic mass is 9.93. The zero-order chi connectivity index (χ0) is 22.1. The highest BCUT2D eigenvalue weighted by atomic mass is 32.1. The van der Waals surface area contributed by atoms with Gasteiger partial charge in [-0.15, -0.1) is 11.3 Å². The monoisotopic (exact) mass is 452 g/mol. The van der Waals surface area contributed by atoms with E-state index in [0.717, 1.165) is 57.7 Å². The molecule has 0 spiro atoms. The van der Waals surface area contributed by atoms with Crippen LogP contribution in [0.2, 0.25) is 0 Å². The molecule has 0 aliphatic heterocycles. The van der Waals surface area contributed by atoms with Gasteiger partial charge in [0.25, 0.3) is 5.56 Å². The molecule has 4 aromatic rings. The molecular weight excluding hydrogens is 430 g/mol. The summed E-state index contributed by atoms with van der Waals surface area (Å²) in [5.41, 5.74) is 2.35. The standard InChI is InChI=1S/C24H22F2N4OS/c25-16-4-7-20(26)15(11-16)13-28-18-5-6-19-21(12-18)32-23-22(19)24(31)30(14-29-23)10-8-17-3-1-2-9-27-17/h1-4,7,9,11,14,18,28H,5-6,8,10,12-13H2/t18-/m1/s1. The summed E-state index contributed by atoms with van der Waals surface area (Å²) < 4.78 is 29.0. The van der Waals surface area contributed by atoms with E-state index >= 15 is 0 Å². The first-order chi connectivity index (χ1) is 15.6. The van der Waals surface area contributed by atoms with E-state index < -0.39 is 11.6 Å². The summed E-state index contributed by atoms with van der Waals surface area (Å²) >= 11 is 1.56. The highest BCUT2D eigenvalue weighted by Crippen LogP contribution is 2.33. The fraction of sp³-hybridized carbons (Fsp3) is 0.292. The van der Waals surface area contributed by atoms with Crippen LogP contribution in [0.5, 0.6) is 0 Å². The van der Waals surface area contributed by atoms with Crippen molar-refractivity contribution in [2.45, 2.75) is 44.8 Å². The van der Waals surface area contributed by atoms with Crippen LogP contribution in [0.25, 0.3) is 10.2 Å². The van der Waals surface area contributed by atoms with Gasteiger partial charge in [-0.1, -0.05) is 6.07 Å². The molecule has 1 aliphatic carbocycles. The molecular formula is C24H22F2N4OS. The number of halogens is 2. The maximum atomic E-state index is 13.9. The van der Waals surface area contributed by atoms with Crippen LogP contribution in [0.4, 0.5) is 8.78 Å². The van der Waals surface area contributed by atoms with E-state index in [9.17, 15) is 13.6 Å². The lowest BCUT2D eigenvalue weighted by Crippen LogP contribution is -2.34. The number of benzene rings is 1. The van der Waals surface area contributed by atoms with Gasteiger partial charge in [-0.3, -0.25) is 14.3 Å². The normalized spacial score (nSPS) is 15.8. The van der Waals surface area contributed by atoms with Crippen molar-refractivity contribution in [3.63, 3.8) is 0 Å². The van der Waals surface area contributed by atoms with Crippen molar-refractivity contribution in [1.29, 1.82) is 0 Å². The topological polar surface area (TPSA) is 59.8 Å². The molecule has 0 fully saturated rings. The van der Waals surface area contributed by atoms with Crippen LogP contribution < -0.4 is 10.9 Å². The second kappa shape index (κ2) is 8.88. The molecule has 0 radical (unpaired) electrons. The number of fused-ring (bicyclic) bond motifs is 3. The Labute approximate surface area is 187 Å². The second-order valence-corrected chi connectivity index (χ2v) is 9.14. The summed E-state index contributed by atoms with van der Waals surface area (Å²) in [7, 11) is 0. The van der Waals surface area contributed by atoms with E-state index in [4.69, 9.17) is 0 Å². The summed E-state index contributed by atoms with van der Waals surface area (Å²) in [5.74, 6) is -0.850. The Hall–Kier alpha value is -2.97. The minimum absolute atomic E-state index is 0.00308. The van der Waals surface area contributed by atoms with Crippen molar-refractivity contribution < 1.29 is 8.78 Å². The SMILES string of the molecule is O=c1c2c3c(sc2ncn1CCc1ccccn1)C[C@H](NCc1cc(F)ccc1F)CC3. The third-order valence-corrected chi connectivity index (χ3v) is 7.12. The van der Waals surface area contributed by atoms with E-state index in [0.29, 0.717) is 18.5 Å². The lowest BCUT2D eigenvalue weighted by Gasteiger charge is -2.23.